The fourth-order valence-electron chi connectivity index (χ4n) is 2.42. The fourth-order valence-corrected chi connectivity index (χ4v) is 2.42. The van der Waals surface area contributed by atoms with E-state index in [-0.39, 0.29) is 11.9 Å². The molecule has 1 fully saturated rings. The first-order chi connectivity index (χ1) is 9.24. The fraction of sp³-hybridized carbons (Fsp3) is 0.571. The largest absolute Gasteiger partial charge is 0.354 e. The molecule has 2 heterocycles. The van der Waals surface area contributed by atoms with Gasteiger partial charge in [-0.25, -0.2) is 9.37 Å². The van der Waals surface area contributed by atoms with Gasteiger partial charge in [0.15, 0.2) is 0 Å². The SMILES string of the molecule is CCCC(C#N)N1CCN(c2ccc(F)cn2)CC1. The summed E-state index contributed by atoms with van der Waals surface area (Å²) in [6.07, 6.45) is 3.19. The number of hydrogen-bond acceptors (Lipinski definition) is 4. The minimum Gasteiger partial charge on any atom is -0.354 e. The van der Waals surface area contributed by atoms with Crippen molar-refractivity contribution in [2.75, 3.05) is 31.1 Å². The molecule has 0 aliphatic carbocycles. The van der Waals surface area contributed by atoms with Crippen molar-refractivity contribution in [3.63, 3.8) is 0 Å². The van der Waals surface area contributed by atoms with E-state index in [1.807, 2.05) is 0 Å². The number of nitriles is 1. The van der Waals surface area contributed by atoms with Gasteiger partial charge in [0.05, 0.1) is 18.3 Å². The van der Waals surface area contributed by atoms with Gasteiger partial charge in [-0.1, -0.05) is 13.3 Å². The molecule has 0 bridgehead atoms. The number of piperazine rings is 1. The molecule has 4 nitrogen and oxygen atoms in total. The first kappa shape index (κ1) is 13.8. The summed E-state index contributed by atoms with van der Waals surface area (Å²) in [5.74, 6) is 0.500. The molecule has 1 aliphatic rings. The lowest BCUT2D eigenvalue weighted by Gasteiger charge is -2.37. The highest BCUT2D eigenvalue weighted by molar-refractivity contribution is 5.38. The Morgan fingerprint density at radius 1 is 1.37 bits per heavy atom. The van der Waals surface area contributed by atoms with Crippen LogP contribution in [0.4, 0.5) is 10.2 Å². The van der Waals surface area contributed by atoms with Crippen LogP contribution < -0.4 is 4.90 Å². The summed E-state index contributed by atoms with van der Waals surface area (Å²) in [7, 11) is 0. The van der Waals surface area contributed by atoms with Gasteiger partial charge in [0, 0.05) is 26.2 Å². The summed E-state index contributed by atoms with van der Waals surface area (Å²) in [5, 5.41) is 9.16. The molecular weight excluding hydrogens is 243 g/mol. The van der Waals surface area contributed by atoms with Crippen molar-refractivity contribution in [3.8, 4) is 6.07 Å². The Balaban J connectivity index is 1.92. The van der Waals surface area contributed by atoms with Crippen molar-refractivity contribution >= 4 is 5.82 Å². The third-order valence-electron chi connectivity index (χ3n) is 3.50. The van der Waals surface area contributed by atoms with E-state index in [0.717, 1.165) is 44.8 Å². The third-order valence-corrected chi connectivity index (χ3v) is 3.50. The first-order valence-electron chi connectivity index (χ1n) is 6.74. The van der Waals surface area contributed by atoms with E-state index in [1.165, 1.54) is 12.3 Å². The summed E-state index contributed by atoms with van der Waals surface area (Å²) >= 11 is 0. The zero-order valence-electron chi connectivity index (χ0n) is 11.2. The van der Waals surface area contributed by atoms with Crippen molar-refractivity contribution in [1.29, 1.82) is 5.26 Å². The molecule has 1 saturated heterocycles. The second kappa shape index (κ2) is 6.48. The zero-order chi connectivity index (χ0) is 13.7. The molecule has 1 atom stereocenters. The summed E-state index contributed by atoms with van der Waals surface area (Å²) in [6.45, 7) is 5.48. The zero-order valence-corrected chi connectivity index (χ0v) is 11.2. The van der Waals surface area contributed by atoms with Crippen LogP contribution in [0.2, 0.25) is 0 Å². The van der Waals surface area contributed by atoms with E-state index < -0.39 is 0 Å². The van der Waals surface area contributed by atoms with Gasteiger partial charge < -0.3 is 4.90 Å². The van der Waals surface area contributed by atoms with E-state index in [1.54, 1.807) is 6.07 Å². The molecule has 102 valence electrons. The topological polar surface area (TPSA) is 43.2 Å². The van der Waals surface area contributed by atoms with E-state index in [2.05, 4.69) is 27.8 Å². The average Bonchev–Trinajstić information content (AvgIpc) is 2.46. The third kappa shape index (κ3) is 3.42. The molecule has 0 amide bonds. The monoisotopic (exact) mass is 262 g/mol. The van der Waals surface area contributed by atoms with Crippen LogP contribution >= 0.6 is 0 Å². The average molecular weight is 262 g/mol. The summed E-state index contributed by atoms with van der Waals surface area (Å²) in [5.41, 5.74) is 0. The Hall–Kier alpha value is -1.67. The summed E-state index contributed by atoms with van der Waals surface area (Å²) in [6, 6.07) is 5.54. The minimum absolute atomic E-state index is 0.0216. The minimum atomic E-state index is -0.310. The van der Waals surface area contributed by atoms with E-state index in [9.17, 15) is 4.39 Å². The van der Waals surface area contributed by atoms with Gasteiger partial charge in [0.2, 0.25) is 0 Å². The molecule has 5 heteroatoms. The number of nitrogens with zero attached hydrogens (tertiary/aromatic N) is 4. The highest BCUT2D eigenvalue weighted by Gasteiger charge is 2.23. The van der Waals surface area contributed by atoms with Crippen molar-refractivity contribution < 1.29 is 4.39 Å². The Kier molecular flexibility index (Phi) is 4.69. The second-order valence-electron chi connectivity index (χ2n) is 4.79. The Labute approximate surface area is 113 Å². The van der Waals surface area contributed by atoms with Crippen molar-refractivity contribution in [2.24, 2.45) is 0 Å². The van der Waals surface area contributed by atoms with Gasteiger partial charge in [-0.3, -0.25) is 4.90 Å². The number of anilines is 1. The van der Waals surface area contributed by atoms with Crippen LogP contribution in [-0.4, -0.2) is 42.1 Å². The lowest BCUT2D eigenvalue weighted by atomic mass is 10.1. The summed E-state index contributed by atoms with van der Waals surface area (Å²) in [4.78, 5) is 8.46. The van der Waals surface area contributed by atoms with Gasteiger partial charge in [-0.15, -0.1) is 0 Å². The van der Waals surface area contributed by atoms with Gasteiger partial charge >= 0.3 is 0 Å². The predicted molar refractivity (Wildman–Crippen MR) is 72.3 cm³/mol. The molecule has 1 aliphatic heterocycles. The van der Waals surface area contributed by atoms with Crippen LogP contribution in [0.5, 0.6) is 0 Å². The van der Waals surface area contributed by atoms with Crippen LogP contribution in [0.3, 0.4) is 0 Å². The lowest BCUT2D eigenvalue weighted by Crippen LogP contribution is -2.50. The number of halogens is 1. The molecule has 19 heavy (non-hydrogen) atoms. The molecule has 1 aromatic rings. The molecule has 0 saturated carbocycles. The number of pyridine rings is 1. The summed E-state index contributed by atoms with van der Waals surface area (Å²) < 4.78 is 12.8. The van der Waals surface area contributed by atoms with Crippen LogP contribution in [0.15, 0.2) is 18.3 Å². The Morgan fingerprint density at radius 3 is 2.63 bits per heavy atom. The smallest absolute Gasteiger partial charge is 0.141 e. The highest BCUT2D eigenvalue weighted by atomic mass is 19.1. The molecule has 0 spiro atoms. The van der Waals surface area contributed by atoms with Crippen LogP contribution in [0, 0.1) is 17.1 Å². The van der Waals surface area contributed by atoms with Gasteiger partial charge in [-0.2, -0.15) is 5.26 Å². The first-order valence-corrected chi connectivity index (χ1v) is 6.74. The maximum Gasteiger partial charge on any atom is 0.141 e. The second-order valence-corrected chi connectivity index (χ2v) is 4.79. The number of hydrogen-bond donors (Lipinski definition) is 0. The maximum absolute atomic E-state index is 12.8. The van der Waals surface area contributed by atoms with Gasteiger partial charge in [0.1, 0.15) is 11.6 Å². The number of rotatable bonds is 4. The maximum atomic E-state index is 12.8. The standard InChI is InChI=1S/C14H19FN4/c1-2-3-13(10-16)18-6-8-19(9-7-18)14-5-4-12(15)11-17-14/h4-5,11,13H,2-3,6-9H2,1H3. The van der Waals surface area contributed by atoms with E-state index >= 15 is 0 Å². The van der Waals surface area contributed by atoms with Crippen molar-refractivity contribution in [3.05, 3.63) is 24.1 Å². The van der Waals surface area contributed by atoms with Crippen molar-refractivity contribution in [2.45, 2.75) is 25.8 Å². The Bertz CT molecular complexity index is 432. The molecule has 2 rings (SSSR count). The lowest BCUT2D eigenvalue weighted by molar-refractivity contribution is 0.211. The normalized spacial score (nSPS) is 18.1. The van der Waals surface area contributed by atoms with E-state index in [4.69, 9.17) is 5.26 Å². The molecule has 0 N–H and O–H groups in total. The van der Waals surface area contributed by atoms with Crippen LogP contribution in [0.25, 0.3) is 0 Å². The highest BCUT2D eigenvalue weighted by Crippen LogP contribution is 2.16. The van der Waals surface area contributed by atoms with E-state index in [0.29, 0.717) is 0 Å². The van der Waals surface area contributed by atoms with Gasteiger partial charge in [0.25, 0.3) is 0 Å². The quantitative estimate of drug-likeness (QED) is 0.833. The van der Waals surface area contributed by atoms with Crippen molar-refractivity contribution in [1.82, 2.24) is 9.88 Å². The van der Waals surface area contributed by atoms with Crippen LogP contribution in [0.1, 0.15) is 19.8 Å². The molecule has 0 aromatic carbocycles. The molecule has 1 aromatic heterocycles. The molecule has 1 unspecified atom stereocenters. The predicted octanol–water partition coefficient (Wildman–Crippen LogP) is 2.03. The van der Waals surface area contributed by atoms with Gasteiger partial charge in [-0.05, 0) is 18.6 Å². The Morgan fingerprint density at radius 2 is 2.11 bits per heavy atom. The molecule has 0 radical (unpaired) electrons. The number of aromatic nitrogens is 1. The molecular formula is C14H19FN4. The van der Waals surface area contributed by atoms with Crippen LogP contribution in [-0.2, 0) is 0 Å².